The second-order valence-corrected chi connectivity index (χ2v) is 6.96. The van der Waals surface area contributed by atoms with Gasteiger partial charge in [-0.25, -0.2) is 4.79 Å². The third-order valence-corrected chi connectivity index (χ3v) is 4.76. The molecule has 0 saturated heterocycles. The second kappa shape index (κ2) is 10.5. The molecule has 5 heteroatoms. The second-order valence-electron chi connectivity index (χ2n) is 5.89. The van der Waals surface area contributed by atoms with Crippen molar-refractivity contribution >= 4 is 29.2 Å². The average Bonchev–Trinajstić information content (AvgIpc) is 2.64. The smallest absolute Gasteiger partial charge is 0.327 e. The maximum atomic E-state index is 11.2. The highest BCUT2D eigenvalue weighted by Crippen LogP contribution is 2.21. The van der Waals surface area contributed by atoms with E-state index in [2.05, 4.69) is 35.7 Å². The summed E-state index contributed by atoms with van der Waals surface area (Å²) in [5, 5.41) is 11.6. The first-order chi connectivity index (χ1) is 12.6. The van der Waals surface area contributed by atoms with Gasteiger partial charge in [0.15, 0.2) is 0 Å². The van der Waals surface area contributed by atoms with E-state index in [1.54, 1.807) is 0 Å². The van der Waals surface area contributed by atoms with E-state index in [9.17, 15) is 9.59 Å². The minimum absolute atomic E-state index is 0.331. The minimum Gasteiger partial charge on any atom is -0.480 e. The third-order valence-electron chi connectivity index (χ3n) is 3.79. The highest BCUT2D eigenvalue weighted by atomic mass is 32.2. The van der Waals surface area contributed by atoms with Crippen LogP contribution in [0.2, 0.25) is 0 Å². The van der Waals surface area contributed by atoms with Crippen molar-refractivity contribution in [3.05, 3.63) is 77.9 Å². The minimum atomic E-state index is -1.01. The first-order valence-corrected chi connectivity index (χ1v) is 9.57. The van der Waals surface area contributed by atoms with E-state index in [4.69, 9.17) is 5.11 Å². The Morgan fingerprint density at radius 3 is 2.27 bits per heavy atom. The van der Waals surface area contributed by atoms with Crippen LogP contribution in [0.1, 0.15) is 18.1 Å². The fourth-order valence-electron chi connectivity index (χ4n) is 2.53. The number of hydrogen-bond acceptors (Lipinski definition) is 3. The van der Waals surface area contributed by atoms with Gasteiger partial charge in [0.2, 0.25) is 5.91 Å². The van der Waals surface area contributed by atoms with Gasteiger partial charge < -0.3 is 10.4 Å². The number of carboxylic acids is 1. The van der Waals surface area contributed by atoms with Crippen LogP contribution in [0.3, 0.4) is 0 Å². The van der Waals surface area contributed by atoms with E-state index >= 15 is 0 Å². The Kier molecular flexibility index (Phi) is 7.96. The van der Waals surface area contributed by atoms with Gasteiger partial charge in [0.05, 0.1) is 0 Å². The van der Waals surface area contributed by atoms with Gasteiger partial charge in [-0.15, -0.1) is 0 Å². The zero-order valence-corrected chi connectivity index (χ0v) is 15.5. The van der Waals surface area contributed by atoms with E-state index in [-0.39, 0.29) is 5.91 Å². The Morgan fingerprint density at radius 2 is 1.69 bits per heavy atom. The van der Waals surface area contributed by atoms with Crippen molar-refractivity contribution in [2.24, 2.45) is 0 Å². The number of allylic oxidation sites excluding steroid dienone is 1. The molecule has 136 valence electrons. The Bertz CT molecular complexity index is 744. The quantitative estimate of drug-likeness (QED) is 0.663. The third kappa shape index (κ3) is 6.76. The van der Waals surface area contributed by atoms with Crippen molar-refractivity contribution in [2.75, 3.05) is 11.5 Å². The predicted octanol–water partition coefficient (Wildman–Crippen LogP) is 3.64. The lowest BCUT2D eigenvalue weighted by atomic mass is 9.98. The Hall–Kier alpha value is -2.53. The maximum absolute atomic E-state index is 11.2. The van der Waals surface area contributed by atoms with Crippen molar-refractivity contribution in [1.29, 1.82) is 0 Å². The number of amides is 1. The molecule has 0 spiro atoms. The van der Waals surface area contributed by atoms with Crippen molar-refractivity contribution in [1.82, 2.24) is 5.32 Å². The first-order valence-electron chi connectivity index (χ1n) is 8.42. The molecule has 0 aliphatic heterocycles. The molecular weight excluding hydrogens is 346 g/mol. The van der Waals surface area contributed by atoms with Crippen LogP contribution < -0.4 is 5.32 Å². The van der Waals surface area contributed by atoms with Crippen molar-refractivity contribution in [3.8, 4) is 0 Å². The van der Waals surface area contributed by atoms with Gasteiger partial charge in [-0.3, -0.25) is 4.79 Å². The van der Waals surface area contributed by atoms with Gasteiger partial charge in [-0.05, 0) is 23.1 Å². The summed E-state index contributed by atoms with van der Waals surface area (Å²) < 4.78 is 0. The van der Waals surface area contributed by atoms with Crippen LogP contribution in [0.25, 0.3) is 5.57 Å². The van der Waals surface area contributed by atoms with Crippen LogP contribution in [-0.2, 0) is 16.0 Å². The SMILES string of the molecule is CC(=O)N[C@@H](CSC/C=C(/Cc1ccccc1)c1ccccc1)C(=O)O. The summed E-state index contributed by atoms with van der Waals surface area (Å²) >= 11 is 1.49. The monoisotopic (exact) mass is 369 g/mol. The number of nitrogens with one attached hydrogen (secondary N) is 1. The van der Waals surface area contributed by atoms with Gasteiger partial charge in [0.25, 0.3) is 0 Å². The summed E-state index contributed by atoms with van der Waals surface area (Å²) in [4.78, 5) is 22.3. The van der Waals surface area contributed by atoms with Gasteiger partial charge in [0, 0.05) is 18.4 Å². The molecule has 0 bridgehead atoms. The molecule has 26 heavy (non-hydrogen) atoms. The molecule has 1 atom stereocenters. The molecule has 0 aliphatic carbocycles. The molecule has 0 aliphatic rings. The fourth-order valence-corrected chi connectivity index (χ4v) is 3.44. The lowest BCUT2D eigenvalue weighted by molar-refractivity contribution is -0.140. The average molecular weight is 369 g/mol. The molecule has 0 radical (unpaired) electrons. The van der Waals surface area contributed by atoms with Gasteiger partial charge in [-0.1, -0.05) is 66.7 Å². The summed E-state index contributed by atoms with van der Waals surface area (Å²) in [6, 6.07) is 19.6. The summed E-state index contributed by atoms with van der Waals surface area (Å²) in [5.41, 5.74) is 3.60. The highest BCUT2D eigenvalue weighted by molar-refractivity contribution is 7.99. The van der Waals surface area contributed by atoms with E-state index in [1.165, 1.54) is 29.8 Å². The van der Waals surface area contributed by atoms with Gasteiger partial charge in [0.1, 0.15) is 6.04 Å². The molecule has 0 heterocycles. The molecule has 0 fully saturated rings. The number of benzene rings is 2. The molecular formula is C21H23NO3S. The molecule has 2 N–H and O–H groups in total. The predicted molar refractivity (Wildman–Crippen MR) is 107 cm³/mol. The normalized spacial score (nSPS) is 12.4. The van der Waals surface area contributed by atoms with Gasteiger partial charge in [-0.2, -0.15) is 11.8 Å². The fraction of sp³-hybridized carbons (Fsp3) is 0.238. The van der Waals surface area contributed by atoms with Crippen LogP contribution >= 0.6 is 11.8 Å². The zero-order valence-electron chi connectivity index (χ0n) is 14.7. The van der Waals surface area contributed by atoms with Crippen molar-refractivity contribution in [2.45, 2.75) is 19.4 Å². The van der Waals surface area contributed by atoms with Crippen LogP contribution in [0.5, 0.6) is 0 Å². The van der Waals surface area contributed by atoms with Crippen molar-refractivity contribution < 1.29 is 14.7 Å². The van der Waals surface area contributed by atoms with E-state index in [0.717, 1.165) is 12.0 Å². The van der Waals surface area contributed by atoms with Crippen LogP contribution in [0.4, 0.5) is 0 Å². The summed E-state index contributed by atoms with van der Waals surface area (Å²) in [7, 11) is 0. The Labute approximate surface area is 158 Å². The molecule has 0 aromatic heterocycles. The Morgan fingerprint density at radius 1 is 1.08 bits per heavy atom. The molecule has 2 aromatic carbocycles. The number of thioether (sulfide) groups is 1. The van der Waals surface area contributed by atoms with Crippen LogP contribution in [-0.4, -0.2) is 34.5 Å². The number of rotatable bonds is 9. The van der Waals surface area contributed by atoms with Gasteiger partial charge >= 0.3 is 5.97 Å². The standard InChI is InChI=1S/C21H23NO3S/c1-16(23)22-20(21(24)25)15-26-13-12-19(18-10-6-3-7-11-18)14-17-8-4-2-5-9-17/h2-12,20H,13-15H2,1H3,(H,22,23)(H,24,25)/b19-12-/t20-/m0/s1. The first kappa shape index (κ1) is 19.8. The van der Waals surface area contributed by atoms with Crippen LogP contribution in [0, 0.1) is 0 Å². The number of carbonyl (C=O) groups is 2. The van der Waals surface area contributed by atoms with E-state index < -0.39 is 12.0 Å². The molecule has 4 nitrogen and oxygen atoms in total. The van der Waals surface area contributed by atoms with Crippen LogP contribution in [0.15, 0.2) is 66.7 Å². The zero-order chi connectivity index (χ0) is 18.8. The largest absolute Gasteiger partial charge is 0.480 e. The van der Waals surface area contributed by atoms with E-state index in [0.29, 0.717) is 11.5 Å². The molecule has 2 aromatic rings. The van der Waals surface area contributed by atoms with Crippen molar-refractivity contribution in [3.63, 3.8) is 0 Å². The lowest BCUT2D eigenvalue weighted by Crippen LogP contribution is -2.41. The highest BCUT2D eigenvalue weighted by Gasteiger charge is 2.17. The Balaban J connectivity index is 2.03. The summed E-state index contributed by atoms with van der Waals surface area (Å²) in [6.45, 7) is 1.33. The molecule has 0 unspecified atom stereocenters. The molecule has 1 amide bonds. The molecule has 2 rings (SSSR count). The number of carbonyl (C=O) groups excluding carboxylic acids is 1. The number of carboxylic acid groups (broad SMARTS) is 1. The molecule has 0 saturated carbocycles. The number of aliphatic carboxylic acids is 1. The number of hydrogen-bond donors (Lipinski definition) is 2. The van der Waals surface area contributed by atoms with E-state index in [1.807, 2.05) is 36.4 Å². The summed E-state index contributed by atoms with van der Waals surface area (Å²) in [5.74, 6) is -0.328. The lowest BCUT2D eigenvalue weighted by Gasteiger charge is -2.13. The topological polar surface area (TPSA) is 66.4 Å². The maximum Gasteiger partial charge on any atom is 0.327 e. The summed E-state index contributed by atoms with van der Waals surface area (Å²) in [6.07, 6.45) is 2.96.